The first-order chi connectivity index (χ1) is 10.6. The number of H-pyrrole nitrogens is 1. The fourth-order valence-electron chi connectivity index (χ4n) is 2.10. The Bertz CT molecular complexity index is 756. The summed E-state index contributed by atoms with van der Waals surface area (Å²) in [5.41, 5.74) is 0.440. The summed E-state index contributed by atoms with van der Waals surface area (Å²) in [7, 11) is 0. The largest absolute Gasteiger partial charge is 0.454 e. The maximum Gasteiger partial charge on any atom is 0.251 e. The quantitative estimate of drug-likeness (QED) is 0.766. The number of hydrogen-bond acceptors (Lipinski definition) is 5. The van der Waals surface area contributed by atoms with Crippen LogP contribution in [0.4, 0.5) is 0 Å². The zero-order valence-corrected chi connectivity index (χ0v) is 11.5. The summed E-state index contributed by atoms with van der Waals surface area (Å²) >= 11 is 0. The minimum absolute atomic E-state index is 0.0206. The average molecular weight is 302 g/mol. The van der Waals surface area contributed by atoms with E-state index < -0.39 is 6.10 Å². The number of aliphatic hydroxyl groups excluding tert-OH is 1. The second-order valence-corrected chi connectivity index (χ2v) is 4.76. The predicted octanol–water partition coefficient (Wildman–Crippen LogP) is 0.567. The number of pyridine rings is 1. The molecule has 1 aromatic heterocycles. The normalized spacial score (nSPS) is 13.7. The second-order valence-electron chi connectivity index (χ2n) is 4.76. The Labute approximate surface area is 125 Å². The van der Waals surface area contributed by atoms with Crippen molar-refractivity contribution in [3.63, 3.8) is 0 Å². The third kappa shape index (κ3) is 2.94. The van der Waals surface area contributed by atoms with Crippen molar-refractivity contribution in [3.8, 4) is 11.5 Å². The molecule has 0 saturated heterocycles. The number of carbonyl (C=O) groups is 1. The number of carbonyl (C=O) groups excluding carboxylic acids is 1. The van der Waals surface area contributed by atoms with Crippen LogP contribution >= 0.6 is 0 Å². The van der Waals surface area contributed by atoms with Crippen molar-refractivity contribution in [2.24, 2.45) is 0 Å². The first kappa shape index (κ1) is 14.2. The van der Waals surface area contributed by atoms with Gasteiger partial charge in [-0.25, -0.2) is 0 Å². The molecule has 1 unspecified atom stereocenters. The lowest BCUT2D eigenvalue weighted by Gasteiger charge is -2.12. The summed E-state index contributed by atoms with van der Waals surface area (Å²) in [6, 6.07) is 9.31. The molecule has 3 rings (SSSR count). The number of ether oxygens (including phenoxy) is 2. The predicted molar refractivity (Wildman–Crippen MR) is 76.9 cm³/mol. The lowest BCUT2D eigenvalue weighted by molar-refractivity contribution is 0.0913. The molecule has 114 valence electrons. The molecular formula is C15H14N2O5. The zero-order valence-electron chi connectivity index (χ0n) is 11.5. The molecule has 2 aromatic rings. The lowest BCUT2D eigenvalue weighted by atomic mass is 10.1. The van der Waals surface area contributed by atoms with Crippen LogP contribution in [0.25, 0.3) is 0 Å². The molecule has 0 spiro atoms. The van der Waals surface area contributed by atoms with E-state index in [0.717, 1.165) is 0 Å². The fraction of sp³-hybridized carbons (Fsp3) is 0.200. The molecular weight excluding hydrogens is 288 g/mol. The Kier molecular flexibility index (Phi) is 3.80. The molecule has 3 N–H and O–H groups in total. The van der Waals surface area contributed by atoms with Gasteiger partial charge in [0.1, 0.15) is 6.10 Å². The number of amides is 1. The van der Waals surface area contributed by atoms with Crippen LogP contribution in [-0.2, 0) is 0 Å². The molecule has 0 fully saturated rings. The van der Waals surface area contributed by atoms with Gasteiger partial charge in [0.05, 0.1) is 0 Å². The highest BCUT2D eigenvalue weighted by Crippen LogP contribution is 2.32. The van der Waals surface area contributed by atoms with E-state index in [4.69, 9.17) is 9.47 Å². The molecule has 1 aliphatic heterocycles. The van der Waals surface area contributed by atoms with Gasteiger partial charge in [0.2, 0.25) is 12.4 Å². The van der Waals surface area contributed by atoms with Crippen LogP contribution in [0.1, 0.15) is 22.2 Å². The third-order valence-electron chi connectivity index (χ3n) is 3.24. The van der Waals surface area contributed by atoms with E-state index in [1.165, 1.54) is 12.1 Å². The van der Waals surface area contributed by atoms with Gasteiger partial charge < -0.3 is 24.9 Å². The summed E-state index contributed by atoms with van der Waals surface area (Å²) in [6.45, 7) is 0.119. The Morgan fingerprint density at radius 3 is 2.91 bits per heavy atom. The standard InChI is InChI=1S/C15H14N2O5/c18-11(10-2-1-3-14(19)17-10)7-16-15(20)9-4-5-12-13(6-9)22-8-21-12/h1-6,11,18H,7-8H2,(H,16,20)(H,17,19). The number of aliphatic hydroxyl groups is 1. The highest BCUT2D eigenvalue weighted by Gasteiger charge is 2.17. The van der Waals surface area contributed by atoms with Gasteiger partial charge in [0.25, 0.3) is 5.91 Å². The number of nitrogens with one attached hydrogen (secondary N) is 2. The zero-order chi connectivity index (χ0) is 15.5. The van der Waals surface area contributed by atoms with Gasteiger partial charge in [0.15, 0.2) is 11.5 Å². The van der Waals surface area contributed by atoms with Crippen molar-refractivity contribution < 1.29 is 19.4 Å². The molecule has 0 radical (unpaired) electrons. The number of hydrogen-bond donors (Lipinski definition) is 3. The van der Waals surface area contributed by atoms with E-state index >= 15 is 0 Å². The molecule has 1 aromatic carbocycles. The van der Waals surface area contributed by atoms with Crippen molar-refractivity contribution in [2.45, 2.75) is 6.10 Å². The maximum absolute atomic E-state index is 12.1. The Morgan fingerprint density at radius 2 is 2.09 bits per heavy atom. The molecule has 2 heterocycles. The van der Waals surface area contributed by atoms with Crippen molar-refractivity contribution in [1.29, 1.82) is 0 Å². The van der Waals surface area contributed by atoms with Crippen molar-refractivity contribution in [3.05, 3.63) is 58.0 Å². The highest BCUT2D eigenvalue weighted by molar-refractivity contribution is 5.94. The maximum atomic E-state index is 12.1. The minimum atomic E-state index is -0.994. The Balaban J connectivity index is 1.63. The van der Waals surface area contributed by atoms with Gasteiger partial charge in [-0.3, -0.25) is 9.59 Å². The van der Waals surface area contributed by atoms with Gasteiger partial charge >= 0.3 is 0 Å². The monoisotopic (exact) mass is 302 g/mol. The fourth-order valence-corrected chi connectivity index (χ4v) is 2.10. The molecule has 1 aliphatic rings. The van der Waals surface area contributed by atoms with Gasteiger partial charge in [-0.2, -0.15) is 0 Å². The summed E-state index contributed by atoms with van der Waals surface area (Å²) in [5, 5.41) is 12.6. The highest BCUT2D eigenvalue weighted by atomic mass is 16.7. The summed E-state index contributed by atoms with van der Waals surface area (Å²) in [4.78, 5) is 25.8. The van der Waals surface area contributed by atoms with E-state index in [9.17, 15) is 14.7 Å². The molecule has 22 heavy (non-hydrogen) atoms. The van der Waals surface area contributed by atoms with Crippen molar-refractivity contribution in [1.82, 2.24) is 10.3 Å². The molecule has 7 heteroatoms. The Hall–Kier alpha value is -2.80. The first-order valence-corrected chi connectivity index (χ1v) is 6.68. The van der Waals surface area contributed by atoms with Gasteiger partial charge in [-0.1, -0.05) is 6.07 Å². The average Bonchev–Trinajstić information content (AvgIpc) is 2.99. The van der Waals surface area contributed by atoms with Crippen LogP contribution in [0.15, 0.2) is 41.2 Å². The van der Waals surface area contributed by atoms with Crippen LogP contribution in [0, 0.1) is 0 Å². The number of rotatable bonds is 4. The first-order valence-electron chi connectivity index (χ1n) is 6.68. The van der Waals surface area contributed by atoms with E-state index in [1.54, 1.807) is 24.3 Å². The van der Waals surface area contributed by atoms with Gasteiger partial charge in [-0.05, 0) is 24.3 Å². The number of benzene rings is 1. The van der Waals surface area contributed by atoms with Gasteiger partial charge in [0, 0.05) is 23.9 Å². The molecule has 1 atom stereocenters. The second kappa shape index (κ2) is 5.90. The topological polar surface area (TPSA) is 101 Å². The molecule has 0 saturated carbocycles. The van der Waals surface area contributed by atoms with Crippen LogP contribution in [-0.4, -0.2) is 29.3 Å². The van der Waals surface area contributed by atoms with Crippen LogP contribution in [0.5, 0.6) is 11.5 Å². The minimum Gasteiger partial charge on any atom is -0.454 e. The van der Waals surface area contributed by atoms with E-state index in [1.807, 2.05) is 0 Å². The van der Waals surface area contributed by atoms with Crippen molar-refractivity contribution >= 4 is 5.91 Å². The number of fused-ring (bicyclic) bond motifs is 1. The number of aromatic amines is 1. The van der Waals surface area contributed by atoms with E-state index in [0.29, 0.717) is 22.8 Å². The molecule has 0 bridgehead atoms. The molecule has 1 amide bonds. The Morgan fingerprint density at radius 1 is 1.27 bits per heavy atom. The van der Waals surface area contributed by atoms with E-state index in [2.05, 4.69) is 10.3 Å². The van der Waals surface area contributed by atoms with E-state index in [-0.39, 0.29) is 24.8 Å². The number of aromatic nitrogens is 1. The van der Waals surface area contributed by atoms with Crippen LogP contribution < -0.4 is 20.3 Å². The smallest absolute Gasteiger partial charge is 0.251 e. The lowest BCUT2D eigenvalue weighted by Crippen LogP contribution is -2.29. The summed E-state index contributed by atoms with van der Waals surface area (Å²) in [5.74, 6) is 0.759. The van der Waals surface area contributed by atoms with Gasteiger partial charge in [-0.15, -0.1) is 0 Å². The SMILES string of the molecule is O=C(NCC(O)c1cccc(=O)[nH]1)c1ccc2c(c1)OCO2. The van der Waals surface area contributed by atoms with Crippen LogP contribution in [0.3, 0.4) is 0 Å². The molecule has 7 nitrogen and oxygen atoms in total. The summed E-state index contributed by atoms with van der Waals surface area (Å²) < 4.78 is 10.4. The van der Waals surface area contributed by atoms with Crippen molar-refractivity contribution in [2.75, 3.05) is 13.3 Å². The third-order valence-corrected chi connectivity index (χ3v) is 3.24. The van der Waals surface area contributed by atoms with Crippen LogP contribution in [0.2, 0.25) is 0 Å². The molecule has 0 aliphatic carbocycles. The summed E-state index contributed by atoms with van der Waals surface area (Å²) in [6.07, 6.45) is -0.994.